The highest BCUT2D eigenvalue weighted by atomic mass is 16.5. The molecule has 0 saturated heterocycles. The number of nitrogens with zero attached hydrogens (tertiary/aromatic N) is 3. The number of hydrogen-bond donors (Lipinski definition) is 0. The lowest BCUT2D eigenvalue weighted by Gasteiger charge is -2.35. The summed E-state index contributed by atoms with van der Waals surface area (Å²) in [6.07, 6.45) is 5.56. The van der Waals surface area contributed by atoms with E-state index in [4.69, 9.17) is 4.74 Å². The molecule has 1 aliphatic rings. The van der Waals surface area contributed by atoms with Crippen molar-refractivity contribution in [3.63, 3.8) is 0 Å². The van der Waals surface area contributed by atoms with Crippen molar-refractivity contribution in [2.45, 2.75) is 52.5 Å². The Morgan fingerprint density at radius 2 is 1.78 bits per heavy atom. The topological polar surface area (TPSA) is 62.7 Å². The number of pyridine rings is 1. The maximum absolute atomic E-state index is 13.4. The second-order valence-electron chi connectivity index (χ2n) is 8.63. The summed E-state index contributed by atoms with van der Waals surface area (Å²) < 4.78 is 6.22. The minimum atomic E-state index is -0.127. The van der Waals surface area contributed by atoms with Crippen LogP contribution in [0, 0.1) is 5.92 Å². The monoisotopic (exact) mass is 437 g/mol. The fourth-order valence-electron chi connectivity index (χ4n) is 4.15. The normalized spacial score (nSPS) is 18.6. The molecular weight excluding hydrogens is 402 g/mol. The zero-order chi connectivity index (χ0) is 22.9. The SMILES string of the molecule is CCN1CCCCCCN(C(=O)c2ccccn2)[C@@H](C(C)C)COc2ccccc2C1=O. The Balaban J connectivity index is 1.92. The first-order valence-electron chi connectivity index (χ1n) is 11.8. The maximum Gasteiger partial charge on any atom is 0.272 e. The first-order valence-corrected chi connectivity index (χ1v) is 11.8. The van der Waals surface area contributed by atoms with Crippen LogP contribution in [0.25, 0.3) is 0 Å². The quantitative estimate of drug-likeness (QED) is 0.700. The van der Waals surface area contributed by atoms with Crippen molar-refractivity contribution < 1.29 is 14.3 Å². The molecule has 1 aromatic carbocycles. The van der Waals surface area contributed by atoms with Crippen molar-refractivity contribution in [1.82, 2.24) is 14.8 Å². The Kier molecular flexibility index (Phi) is 8.65. The molecule has 0 radical (unpaired) electrons. The van der Waals surface area contributed by atoms with Gasteiger partial charge in [-0.2, -0.15) is 0 Å². The molecule has 2 amide bonds. The predicted octanol–water partition coefficient (Wildman–Crippen LogP) is 4.66. The zero-order valence-corrected chi connectivity index (χ0v) is 19.5. The van der Waals surface area contributed by atoms with Gasteiger partial charge in [-0.05, 0) is 49.9 Å². The van der Waals surface area contributed by atoms with Crippen molar-refractivity contribution in [2.24, 2.45) is 5.92 Å². The Bertz CT molecular complexity index is 885. The molecule has 2 aromatic rings. The highest BCUT2D eigenvalue weighted by Crippen LogP contribution is 2.24. The highest BCUT2D eigenvalue weighted by molar-refractivity contribution is 5.97. The molecule has 1 atom stereocenters. The van der Waals surface area contributed by atoms with Crippen LogP contribution in [-0.4, -0.2) is 58.9 Å². The Labute approximate surface area is 191 Å². The molecular formula is C26H35N3O3. The molecule has 32 heavy (non-hydrogen) atoms. The van der Waals surface area contributed by atoms with Gasteiger partial charge < -0.3 is 14.5 Å². The number of amides is 2. The lowest BCUT2D eigenvalue weighted by molar-refractivity contribution is 0.0516. The van der Waals surface area contributed by atoms with Crippen molar-refractivity contribution in [3.05, 3.63) is 59.9 Å². The van der Waals surface area contributed by atoms with E-state index < -0.39 is 0 Å². The molecule has 1 aliphatic heterocycles. The van der Waals surface area contributed by atoms with Crippen molar-refractivity contribution >= 4 is 11.8 Å². The minimum absolute atomic E-state index is 0.00248. The van der Waals surface area contributed by atoms with Crippen LogP contribution in [0.4, 0.5) is 0 Å². The third kappa shape index (κ3) is 5.87. The number of ether oxygens (including phenoxy) is 1. The average molecular weight is 438 g/mol. The van der Waals surface area contributed by atoms with Crippen LogP contribution in [-0.2, 0) is 0 Å². The number of aromatic nitrogens is 1. The van der Waals surface area contributed by atoms with Gasteiger partial charge in [0.25, 0.3) is 11.8 Å². The summed E-state index contributed by atoms with van der Waals surface area (Å²) in [5, 5.41) is 0. The van der Waals surface area contributed by atoms with Gasteiger partial charge in [-0.15, -0.1) is 0 Å². The van der Waals surface area contributed by atoms with Gasteiger partial charge in [0.05, 0.1) is 11.6 Å². The molecule has 0 aliphatic carbocycles. The molecule has 1 aromatic heterocycles. The smallest absolute Gasteiger partial charge is 0.272 e. The summed E-state index contributed by atoms with van der Waals surface area (Å²) in [5.74, 6) is 0.693. The van der Waals surface area contributed by atoms with E-state index in [0.717, 1.165) is 32.2 Å². The number of carbonyl (C=O) groups is 2. The Morgan fingerprint density at radius 1 is 1.06 bits per heavy atom. The summed E-state index contributed by atoms with van der Waals surface area (Å²) in [5.41, 5.74) is 1.03. The molecule has 6 nitrogen and oxygen atoms in total. The van der Waals surface area contributed by atoms with Crippen molar-refractivity contribution in [1.29, 1.82) is 0 Å². The van der Waals surface area contributed by atoms with Gasteiger partial charge in [0.15, 0.2) is 0 Å². The van der Waals surface area contributed by atoms with Crippen LogP contribution >= 0.6 is 0 Å². The van der Waals surface area contributed by atoms with Crippen LogP contribution in [0.3, 0.4) is 0 Å². The number of rotatable bonds is 3. The fourth-order valence-corrected chi connectivity index (χ4v) is 4.15. The van der Waals surface area contributed by atoms with E-state index in [0.29, 0.717) is 36.7 Å². The summed E-state index contributed by atoms with van der Waals surface area (Å²) in [7, 11) is 0. The van der Waals surface area contributed by atoms with E-state index in [-0.39, 0.29) is 23.8 Å². The Morgan fingerprint density at radius 3 is 2.47 bits per heavy atom. The molecule has 0 spiro atoms. The largest absolute Gasteiger partial charge is 0.491 e. The van der Waals surface area contributed by atoms with E-state index in [1.54, 1.807) is 12.3 Å². The lowest BCUT2D eigenvalue weighted by atomic mass is 10.0. The highest BCUT2D eigenvalue weighted by Gasteiger charge is 2.29. The second kappa shape index (κ2) is 11.7. The van der Waals surface area contributed by atoms with E-state index in [1.165, 1.54) is 0 Å². The number of para-hydroxylation sites is 1. The van der Waals surface area contributed by atoms with Crippen LogP contribution in [0.5, 0.6) is 5.75 Å². The van der Waals surface area contributed by atoms with E-state index in [9.17, 15) is 9.59 Å². The first kappa shape index (κ1) is 23.8. The van der Waals surface area contributed by atoms with E-state index >= 15 is 0 Å². The van der Waals surface area contributed by atoms with Gasteiger partial charge in [0.2, 0.25) is 0 Å². The molecule has 172 valence electrons. The molecule has 3 rings (SSSR count). The average Bonchev–Trinajstić information content (AvgIpc) is 2.81. The Hall–Kier alpha value is -2.89. The van der Waals surface area contributed by atoms with Gasteiger partial charge in [-0.3, -0.25) is 14.6 Å². The lowest BCUT2D eigenvalue weighted by Crippen LogP contribution is -2.47. The van der Waals surface area contributed by atoms with E-state index in [2.05, 4.69) is 18.8 Å². The predicted molar refractivity (Wildman–Crippen MR) is 126 cm³/mol. The fraction of sp³-hybridized carbons (Fsp3) is 0.500. The van der Waals surface area contributed by atoms with Gasteiger partial charge in [0.1, 0.15) is 18.1 Å². The molecule has 6 heteroatoms. The van der Waals surface area contributed by atoms with Gasteiger partial charge in [-0.1, -0.05) is 44.9 Å². The number of carbonyl (C=O) groups excluding carboxylic acids is 2. The van der Waals surface area contributed by atoms with Gasteiger partial charge >= 0.3 is 0 Å². The van der Waals surface area contributed by atoms with Crippen LogP contribution in [0.1, 0.15) is 67.3 Å². The van der Waals surface area contributed by atoms with Crippen LogP contribution in [0.15, 0.2) is 48.7 Å². The van der Waals surface area contributed by atoms with Crippen molar-refractivity contribution in [3.8, 4) is 5.75 Å². The molecule has 0 unspecified atom stereocenters. The third-order valence-corrected chi connectivity index (χ3v) is 6.09. The van der Waals surface area contributed by atoms with Gasteiger partial charge in [0, 0.05) is 25.8 Å². The molecule has 0 N–H and O–H groups in total. The summed E-state index contributed by atoms with van der Waals surface area (Å²) in [6, 6.07) is 12.7. The number of fused-ring (bicyclic) bond motifs is 1. The maximum atomic E-state index is 13.4. The second-order valence-corrected chi connectivity index (χ2v) is 8.63. The van der Waals surface area contributed by atoms with Crippen LogP contribution in [0.2, 0.25) is 0 Å². The molecule has 0 saturated carbocycles. The molecule has 0 bridgehead atoms. The number of benzene rings is 1. The molecule has 2 heterocycles. The summed E-state index contributed by atoms with van der Waals surface area (Å²) in [4.78, 5) is 34.7. The number of hydrogen-bond acceptors (Lipinski definition) is 4. The van der Waals surface area contributed by atoms with Crippen molar-refractivity contribution in [2.75, 3.05) is 26.2 Å². The van der Waals surface area contributed by atoms with Crippen LogP contribution < -0.4 is 4.74 Å². The van der Waals surface area contributed by atoms with Gasteiger partial charge in [-0.25, -0.2) is 0 Å². The van der Waals surface area contributed by atoms with E-state index in [1.807, 2.05) is 53.1 Å². The summed E-state index contributed by atoms with van der Waals surface area (Å²) in [6.45, 7) is 8.62. The third-order valence-electron chi connectivity index (χ3n) is 6.09. The zero-order valence-electron chi connectivity index (χ0n) is 19.5. The molecule has 0 fully saturated rings. The summed E-state index contributed by atoms with van der Waals surface area (Å²) >= 11 is 0. The standard InChI is InChI=1S/C26H35N3O3/c1-4-28-17-11-5-6-12-18-29(26(31)22-14-9-10-16-27-22)23(20(2)3)19-32-24-15-8-7-13-21(24)25(28)30/h7-10,13-16,20,23H,4-6,11-12,17-19H2,1-3H3/t23-/m1/s1. The first-order chi connectivity index (χ1) is 15.5. The minimum Gasteiger partial charge on any atom is -0.491 e.